The Bertz CT molecular complexity index is 726. The molecule has 0 amide bonds. The predicted octanol–water partition coefficient (Wildman–Crippen LogP) is 4.05. The summed E-state index contributed by atoms with van der Waals surface area (Å²) in [5.74, 6) is 0. The van der Waals surface area contributed by atoms with Gasteiger partial charge in [-0.25, -0.2) is 0 Å². The highest BCUT2D eigenvalue weighted by atomic mass is 16.1. The summed E-state index contributed by atoms with van der Waals surface area (Å²) in [6.07, 6.45) is 3.29. The third kappa shape index (κ3) is 3.56. The van der Waals surface area contributed by atoms with Crippen molar-refractivity contribution in [1.82, 2.24) is 9.88 Å². The van der Waals surface area contributed by atoms with E-state index in [-0.39, 0.29) is 5.56 Å². The number of hydrogen-bond donors (Lipinski definition) is 1. The van der Waals surface area contributed by atoms with Gasteiger partial charge in [0.25, 0.3) is 5.56 Å². The third-order valence-electron chi connectivity index (χ3n) is 4.71. The lowest BCUT2D eigenvalue weighted by atomic mass is 10.1. The first-order valence-corrected chi connectivity index (χ1v) is 8.65. The maximum absolute atomic E-state index is 12.9. The second-order valence-corrected chi connectivity index (χ2v) is 6.71. The van der Waals surface area contributed by atoms with E-state index >= 15 is 0 Å². The van der Waals surface area contributed by atoms with Crippen molar-refractivity contribution in [2.75, 3.05) is 0 Å². The molecule has 1 aromatic carbocycles. The van der Waals surface area contributed by atoms with E-state index in [9.17, 15) is 4.79 Å². The van der Waals surface area contributed by atoms with E-state index in [1.807, 2.05) is 10.6 Å². The van der Waals surface area contributed by atoms with Crippen LogP contribution in [0.15, 0.2) is 41.2 Å². The highest BCUT2D eigenvalue weighted by Gasteiger charge is 2.27. The molecule has 1 aliphatic carbocycles. The van der Waals surface area contributed by atoms with Gasteiger partial charge >= 0.3 is 0 Å². The average molecular weight is 310 g/mol. The molecule has 0 radical (unpaired) electrons. The minimum atomic E-state index is 0.168. The number of aromatic nitrogens is 1. The van der Waals surface area contributed by atoms with Gasteiger partial charge in [0.2, 0.25) is 0 Å². The fraction of sp³-hybridized carbons (Fsp3) is 0.450. The Labute approximate surface area is 138 Å². The lowest BCUT2D eigenvalue weighted by Crippen LogP contribution is -2.31. The fourth-order valence-corrected chi connectivity index (χ4v) is 2.81. The van der Waals surface area contributed by atoms with E-state index in [0.717, 1.165) is 36.1 Å². The molecule has 0 saturated heterocycles. The van der Waals surface area contributed by atoms with Crippen LogP contribution in [0.1, 0.15) is 50.3 Å². The summed E-state index contributed by atoms with van der Waals surface area (Å²) in [4.78, 5) is 12.9. The van der Waals surface area contributed by atoms with Gasteiger partial charge in [0.15, 0.2) is 0 Å². The lowest BCUT2D eigenvalue weighted by Gasteiger charge is -2.16. The average Bonchev–Trinajstić information content (AvgIpc) is 3.38. The Morgan fingerprint density at radius 1 is 1.17 bits per heavy atom. The topological polar surface area (TPSA) is 34.0 Å². The largest absolute Gasteiger partial charge is 0.310 e. The van der Waals surface area contributed by atoms with Gasteiger partial charge in [0.05, 0.1) is 5.69 Å². The maximum atomic E-state index is 12.9. The standard InChI is InChI=1S/C20H26N2O/c1-4-15(3)21-13-17-9-12-19(16-7-5-14(2)6-8-16)22(20(17)23)18-10-11-18/h5-9,12,15,18,21H,4,10-11,13H2,1-3H3. The van der Waals surface area contributed by atoms with Gasteiger partial charge in [-0.15, -0.1) is 0 Å². The van der Waals surface area contributed by atoms with Crippen LogP contribution in [0.2, 0.25) is 0 Å². The number of nitrogens with one attached hydrogen (secondary N) is 1. The molecule has 1 saturated carbocycles. The molecule has 1 fully saturated rings. The predicted molar refractivity (Wildman–Crippen MR) is 95.7 cm³/mol. The summed E-state index contributed by atoms with van der Waals surface area (Å²) in [5.41, 5.74) is 4.45. The number of aryl methyl sites for hydroxylation is 1. The number of rotatable bonds is 6. The van der Waals surface area contributed by atoms with E-state index in [1.165, 1.54) is 5.56 Å². The van der Waals surface area contributed by atoms with Crippen molar-refractivity contribution in [3.05, 3.63) is 57.9 Å². The fourth-order valence-electron chi connectivity index (χ4n) is 2.81. The van der Waals surface area contributed by atoms with Crippen molar-refractivity contribution < 1.29 is 0 Å². The number of nitrogens with zero attached hydrogens (tertiary/aromatic N) is 1. The van der Waals surface area contributed by atoms with Crippen LogP contribution in [0.4, 0.5) is 0 Å². The van der Waals surface area contributed by atoms with Crippen LogP contribution in [0.5, 0.6) is 0 Å². The van der Waals surface area contributed by atoms with Crippen molar-refractivity contribution >= 4 is 0 Å². The summed E-state index contributed by atoms with van der Waals surface area (Å²) < 4.78 is 2.01. The second-order valence-electron chi connectivity index (χ2n) is 6.71. The smallest absolute Gasteiger partial charge is 0.255 e. The number of hydrogen-bond acceptors (Lipinski definition) is 2. The molecular weight excluding hydrogens is 284 g/mol. The number of benzene rings is 1. The zero-order chi connectivity index (χ0) is 16.4. The van der Waals surface area contributed by atoms with Crippen LogP contribution in [0.3, 0.4) is 0 Å². The molecule has 1 aliphatic rings. The van der Waals surface area contributed by atoms with Crippen LogP contribution in [0, 0.1) is 6.92 Å². The van der Waals surface area contributed by atoms with Gasteiger partial charge in [-0.1, -0.05) is 42.8 Å². The molecule has 1 aromatic heterocycles. The third-order valence-corrected chi connectivity index (χ3v) is 4.71. The summed E-state index contributed by atoms with van der Waals surface area (Å²) >= 11 is 0. The summed E-state index contributed by atoms with van der Waals surface area (Å²) in [7, 11) is 0. The van der Waals surface area contributed by atoms with Gasteiger partial charge in [-0.05, 0) is 44.7 Å². The SMILES string of the molecule is CCC(C)NCc1ccc(-c2ccc(C)cc2)n(C2CC2)c1=O. The zero-order valence-electron chi connectivity index (χ0n) is 14.3. The Kier molecular flexibility index (Phi) is 4.67. The Balaban J connectivity index is 1.97. The molecular formula is C20H26N2O. The Hall–Kier alpha value is -1.87. The molecule has 3 rings (SSSR count). The molecule has 122 valence electrons. The van der Waals surface area contributed by atoms with Crippen LogP contribution >= 0.6 is 0 Å². The van der Waals surface area contributed by atoms with Crippen molar-refractivity contribution in [3.63, 3.8) is 0 Å². The molecule has 3 heteroatoms. The molecule has 3 nitrogen and oxygen atoms in total. The normalized spacial score (nSPS) is 15.6. The molecule has 1 N–H and O–H groups in total. The highest BCUT2D eigenvalue weighted by molar-refractivity contribution is 5.60. The van der Waals surface area contributed by atoms with Gasteiger partial charge in [-0.3, -0.25) is 4.79 Å². The minimum absolute atomic E-state index is 0.168. The summed E-state index contributed by atoms with van der Waals surface area (Å²) in [6.45, 7) is 7.04. The zero-order valence-corrected chi connectivity index (χ0v) is 14.3. The minimum Gasteiger partial charge on any atom is -0.310 e. The second kappa shape index (κ2) is 6.71. The van der Waals surface area contributed by atoms with Crippen LogP contribution in [0.25, 0.3) is 11.3 Å². The van der Waals surface area contributed by atoms with E-state index in [1.54, 1.807) is 0 Å². The van der Waals surface area contributed by atoms with Crippen LogP contribution in [-0.2, 0) is 6.54 Å². The molecule has 0 spiro atoms. The Morgan fingerprint density at radius 3 is 2.48 bits per heavy atom. The Morgan fingerprint density at radius 2 is 1.87 bits per heavy atom. The van der Waals surface area contributed by atoms with E-state index in [4.69, 9.17) is 0 Å². The molecule has 2 aromatic rings. The van der Waals surface area contributed by atoms with Crippen molar-refractivity contribution in [3.8, 4) is 11.3 Å². The van der Waals surface area contributed by atoms with Crippen molar-refractivity contribution in [2.24, 2.45) is 0 Å². The first-order valence-electron chi connectivity index (χ1n) is 8.65. The lowest BCUT2D eigenvalue weighted by molar-refractivity contribution is 0.529. The van der Waals surface area contributed by atoms with Crippen molar-refractivity contribution in [1.29, 1.82) is 0 Å². The van der Waals surface area contributed by atoms with Gasteiger partial charge in [0, 0.05) is 24.2 Å². The molecule has 0 aliphatic heterocycles. The van der Waals surface area contributed by atoms with Crippen LogP contribution in [-0.4, -0.2) is 10.6 Å². The van der Waals surface area contributed by atoms with Crippen LogP contribution < -0.4 is 10.9 Å². The molecule has 23 heavy (non-hydrogen) atoms. The van der Waals surface area contributed by atoms with Gasteiger partial charge in [0.1, 0.15) is 0 Å². The number of pyridine rings is 1. The highest BCUT2D eigenvalue weighted by Crippen LogP contribution is 2.37. The summed E-state index contributed by atoms with van der Waals surface area (Å²) in [5, 5.41) is 3.43. The van der Waals surface area contributed by atoms with Crippen molar-refractivity contribution in [2.45, 2.75) is 58.7 Å². The first kappa shape index (κ1) is 16.0. The monoisotopic (exact) mass is 310 g/mol. The molecule has 1 unspecified atom stereocenters. The maximum Gasteiger partial charge on any atom is 0.255 e. The van der Waals surface area contributed by atoms with Gasteiger partial charge < -0.3 is 9.88 Å². The molecule has 0 bridgehead atoms. The van der Waals surface area contributed by atoms with E-state index < -0.39 is 0 Å². The first-order chi connectivity index (χ1) is 11.1. The molecule has 1 heterocycles. The van der Waals surface area contributed by atoms with E-state index in [0.29, 0.717) is 18.6 Å². The van der Waals surface area contributed by atoms with E-state index in [2.05, 4.69) is 56.4 Å². The van der Waals surface area contributed by atoms with Gasteiger partial charge in [-0.2, -0.15) is 0 Å². The molecule has 1 atom stereocenters. The summed E-state index contributed by atoms with van der Waals surface area (Å²) in [6, 6.07) is 13.3. The quantitative estimate of drug-likeness (QED) is 0.873.